The van der Waals surface area contributed by atoms with Gasteiger partial charge in [0.15, 0.2) is 0 Å². The first-order valence-electron chi connectivity index (χ1n) is 8.00. The third-order valence-corrected chi connectivity index (χ3v) is 3.35. The van der Waals surface area contributed by atoms with Gasteiger partial charge in [-0.1, -0.05) is 18.1 Å². The first kappa shape index (κ1) is 18.0. The van der Waals surface area contributed by atoms with Crippen molar-refractivity contribution >= 4 is 23.3 Å². The molecule has 128 valence electrons. The first-order chi connectivity index (χ1) is 12.2. The number of benzene rings is 1. The third-order valence-electron chi connectivity index (χ3n) is 3.35. The molecule has 1 heterocycles. The summed E-state index contributed by atoms with van der Waals surface area (Å²) in [6, 6.07) is 12.4. The van der Waals surface area contributed by atoms with E-state index in [4.69, 9.17) is 6.42 Å². The third kappa shape index (κ3) is 6.36. The van der Waals surface area contributed by atoms with Crippen LogP contribution in [-0.4, -0.2) is 29.9 Å². The molecule has 0 aliphatic carbocycles. The molecule has 0 radical (unpaired) electrons. The van der Waals surface area contributed by atoms with Gasteiger partial charge >= 0.3 is 11.8 Å². The Morgan fingerprint density at radius 2 is 1.88 bits per heavy atom. The molecule has 0 spiro atoms. The fourth-order valence-electron chi connectivity index (χ4n) is 2.09. The minimum absolute atomic E-state index is 0.431. The highest BCUT2D eigenvalue weighted by atomic mass is 16.2. The van der Waals surface area contributed by atoms with E-state index >= 15 is 0 Å². The monoisotopic (exact) mass is 336 g/mol. The first-order valence-corrected chi connectivity index (χ1v) is 8.00. The molecule has 3 N–H and O–H groups in total. The molecule has 1 aromatic heterocycles. The zero-order chi connectivity index (χ0) is 17.9. The summed E-state index contributed by atoms with van der Waals surface area (Å²) in [6.07, 6.45) is 8.63. The Balaban J connectivity index is 1.62. The van der Waals surface area contributed by atoms with Gasteiger partial charge in [-0.2, -0.15) is 0 Å². The zero-order valence-electron chi connectivity index (χ0n) is 13.8. The molecule has 0 saturated heterocycles. The molecule has 25 heavy (non-hydrogen) atoms. The van der Waals surface area contributed by atoms with Gasteiger partial charge in [-0.25, -0.2) is 4.98 Å². The Bertz CT molecular complexity index is 754. The van der Waals surface area contributed by atoms with Crippen molar-refractivity contribution in [1.82, 2.24) is 10.3 Å². The number of nitrogens with zero attached hydrogens (tertiary/aromatic N) is 1. The smallest absolute Gasteiger partial charge is 0.313 e. The molecule has 0 saturated carbocycles. The lowest BCUT2D eigenvalue weighted by Crippen LogP contribution is -2.36. The summed E-state index contributed by atoms with van der Waals surface area (Å²) in [5, 5.41) is 8.30. The summed E-state index contributed by atoms with van der Waals surface area (Å²) < 4.78 is 0. The Labute approximate surface area is 147 Å². The molecule has 6 heteroatoms. The maximum absolute atomic E-state index is 11.8. The largest absolute Gasteiger partial charge is 0.370 e. The number of aromatic nitrogens is 1. The fourth-order valence-corrected chi connectivity index (χ4v) is 2.09. The molecule has 0 atom stereocenters. The summed E-state index contributed by atoms with van der Waals surface area (Å²) in [5.41, 5.74) is 1.13. The Kier molecular flexibility index (Phi) is 7.01. The number of amides is 2. The molecular weight excluding hydrogens is 316 g/mol. The molecule has 2 amide bonds. The van der Waals surface area contributed by atoms with Crippen LogP contribution in [0.2, 0.25) is 0 Å². The van der Waals surface area contributed by atoms with Crippen LogP contribution in [-0.2, 0) is 9.59 Å². The number of unbranched alkanes of at least 4 members (excludes halogenated alkanes) is 1. The van der Waals surface area contributed by atoms with Crippen molar-refractivity contribution in [1.29, 1.82) is 0 Å². The lowest BCUT2D eigenvalue weighted by atomic mass is 10.2. The van der Waals surface area contributed by atoms with E-state index in [0.717, 1.165) is 25.2 Å². The normalized spacial score (nSPS) is 9.72. The quantitative estimate of drug-likeness (QED) is 0.410. The van der Waals surface area contributed by atoms with Gasteiger partial charge < -0.3 is 16.0 Å². The van der Waals surface area contributed by atoms with E-state index in [1.807, 2.05) is 18.2 Å². The highest BCUT2D eigenvalue weighted by Crippen LogP contribution is 2.09. The molecule has 0 aliphatic rings. The number of carbonyl (C=O) groups is 2. The van der Waals surface area contributed by atoms with Gasteiger partial charge in [0, 0.05) is 30.5 Å². The number of rotatable bonds is 7. The average Bonchev–Trinajstić information content (AvgIpc) is 2.65. The standard InChI is InChI=1S/C19H20N4O2/c1-2-15-8-7-9-16(14-15)23-19(25)18(24)22-13-6-5-12-21-17-10-3-4-11-20-17/h1,3-4,7-11,14H,5-6,12-13H2,(H,20,21)(H,22,24)(H,23,25). The molecule has 0 fully saturated rings. The number of pyridine rings is 1. The van der Waals surface area contributed by atoms with Gasteiger partial charge in [-0.15, -0.1) is 6.42 Å². The number of terminal acetylenes is 1. The summed E-state index contributed by atoms with van der Waals surface area (Å²) in [5.74, 6) is 1.92. The second-order valence-corrected chi connectivity index (χ2v) is 5.28. The van der Waals surface area contributed by atoms with Crippen LogP contribution in [0.5, 0.6) is 0 Å². The van der Waals surface area contributed by atoms with Crippen LogP contribution in [0.4, 0.5) is 11.5 Å². The maximum Gasteiger partial charge on any atom is 0.313 e. The lowest BCUT2D eigenvalue weighted by molar-refractivity contribution is -0.136. The van der Waals surface area contributed by atoms with Crippen LogP contribution in [0, 0.1) is 12.3 Å². The average molecular weight is 336 g/mol. The van der Waals surface area contributed by atoms with Gasteiger partial charge in [0.25, 0.3) is 0 Å². The highest BCUT2D eigenvalue weighted by Gasteiger charge is 2.12. The minimum Gasteiger partial charge on any atom is -0.370 e. The summed E-state index contributed by atoms with van der Waals surface area (Å²) >= 11 is 0. The van der Waals surface area contributed by atoms with Gasteiger partial charge in [-0.3, -0.25) is 9.59 Å². The van der Waals surface area contributed by atoms with Crippen molar-refractivity contribution in [3.05, 3.63) is 54.2 Å². The Morgan fingerprint density at radius 3 is 2.64 bits per heavy atom. The van der Waals surface area contributed by atoms with E-state index in [9.17, 15) is 9.59 Å². The van der Waals surface area contributed by atoms with Gasteiger partial charge in [-0.05, 0) is 43.2 Å². The van der Waals surface area contributed by atoms with Crippen LogP contribution < -0.4 is 16.0 Å². The topological polar surface area (TPSA) is 83.1 Å². The SMILES string of the molecule is C#Cc1cccc(NC(=O)C(=O)NCCCCNc2ccccn2)c1. The molecule has 6 nitrogen and oxygen atoms in total. The number of hydrogen-bond donors (Lipinski definition) is 3. The summed E-state index contributed by atoms with van der Waals surface area (Å²) in [6.45, 7) is 1.18. The van der Waals surface area contributed by atoms with E-state index in [-0.39, 0.29) is 0 Å². The maximum atomic E-state index is 11.8. The fraction of sp³-hybridized carbons (Fsp3) is 0.211. The van der Waals surface area contributed by atoms with Crippen molar-refractivity contribution in [2.75, 3.05) is 23.7 Å². The highest BCUT2D eigenvalue weighted by molar-refractivity contribution is 6.39. The van der Waals surface area contributed by atoms with Gasteiger partial charge in [0.1, 0.15) is 5.82 Å². The van der Waals surface area contributed by atoms with Crippen molar-refractivity contribution in [2.45, 2.75) is 12.8 Å². The summed E-state index contributed by atoms with van der Waals surface area (Å²) in [4.78, 5) is 27.7. The zero-order valence-corrected chi connectivity index (χ0v) is 13.8. The van der Waals surface area contributed by atoms with Gasteiger partial charge in [0.2, 0.25) is 0 Å². The molecule has 0 aliphatic heterocycles. The molecular formula is C19H20N4O2. The number of nitrogens with one attached hydrogen (secondary N) is 3. The Morgan fingerprint density at radius 1 is 1.04 bits per heavy atom. The summed E-state index contributed by atoms with van der Waals surface area (Å²) in [7, 11) is 0. The van der Waals surface area contributed by atoms with Gasteiger partial charge in [0.05, 0.1) is 0 Å². The minimum atomic E-state index is -0.708. The van der Waals surface area contributed by atoms with Crippen LogP contribution in [0.1, 0.15) is 18.4 Å². The number of hydrogen-bond acceptors (Lipinski definition) is 4. The Hall–Kier alpha value is -3.33. The van der Waals surface area contributed by atoms with Crippen LogP contribution in [0.3, 0.4) is 0 Å². The second kappa shape index (κ2) is 9.73. The van der Waals surface area contributed by atoms with E-state index in [0.29, 0.717) is 17.8 Å². The lowest BCUT2D eigenvalue weighted by Gasteiger charge is -2.07. The van der Waals surface area contributed by atoms with E-state index in [2.05, 4.69) is 26.9 Å². The van der Waals surface area contributed by atoms with Crippen molar-refractivity contribution in [3.63, 3.8) is 0 Å². The van der Waals surface area contributed by atoms with E-state index in [1.165, 1.54) is 0 Å². The molecule has 1 aromatic carbocycles. The van der Waals surface area contributed by atoms with Crippen LogP contribution in [0.25, 0.3) is 0 Å². The molecule has 0 bridgehead atoms. The van der Waals surface area contributed by atoms with Crippen LogP contribution in [0.15, 0.2) is 48.7 Å². The molecule has 2 aromatic rings. The van der Waals surface area contributed by atoms with Crippen molar-refractivity contribution in [3.8, 4) is 12.3 Å². The predicted octanol–water partition coefficient (Wildman–Crippen LogP) is 2.01. The van der Waals surface area contributed by atoms with Crippen molar-refractivity contribution in [2.24, 2.45) is 0 Å². The second-order valence-electron chi connectivity index (χ2n) is 5.28. The molecule has 2 rings (SSSR count). The van der Waals surface area contributed by atoms with E-state index in [1.54, 1.807) is 30.5 Å². The van der Waals surface area contributed by atoms with E-state index < -0.39 is 11.8 Å². The molecule has 0 unspecified atom stereocenters. The van der Waals surface area contributed by atoms with Crippen molar-refractivity contribution < 1.29 is 9.59 Å². The van der Waals surface area contributed by atoms with Crippen LogP contribution >= 0.6 is 0 Å². The predicted molar refractivity (Wildman–Crippen MR) is 98.0 cm³/mol. The number of carbonyl (C=O) groups excluding carboxylic acids is 2. The number of anilines is 2.